The zero-order chi connectivity index (χ0) is 14.9. The van der Waals surface area contributed by atoms with E-state index in [1.165, 1.54) is 10.5 Å². The monoisotopic (exact) mass is 313 g/mol. The molecule has 0 aliphatic carbocycles. The summed E-state index contributed by atoms with van der Waals surface area (Å²) in [6.45, 7) is 3.79. The van der Waals surface area contributed by atoms with Crippen LogP contribution in [-0.4, -0.2) is 24.5 Å². The second kappa shape index (κ2) is 5.46. The highest BCUT2D eigenvalue weighted by molar-refractivity contribution is 7.92. The Morgan fingerprint density at radius 1 is 1.35 bits per heavy atom. The maximum Gasteiger partial charge on any atom is 0.283 e. The maximum absolute atomic E-state index is 12.7. The number of hydrogen-bond acceptors (Lipinski definition) is 3. The van der Waals surface area contributed by atoms with Gasteiger partial charge < -0.3 is 4.57 Å². The van der Waals surface area contributed by atoms with E-state index in [0.717, 1.165) is 0 Å². The van der Waals surface area contributed by atoms with Crippen molar-refractivity contribution in [1.29, 1.82) is 0 Å². The van der Waals surface area contributed by atoms with Crippen LogP contribution in [0.5, 0.6) is 0 Å². The summed E-state index contributed by atoms with van der Waals surface area (Å²) in [7, 11) is -1.95. The van der Waals surface area contributed by atoms with E-state index >= 15 is 0 Å². The highest BCUT2D eigenvalue weighted by atomic mass is 35.5. The van der Waals surface area contributed by atoms with Crippen LogP contribution in [0.25, 0.3) is 0 Å². The fourth-order valence-corrected chi connectivity index (χ4v) is 3.70. The minimum Gasteiger partial charge on any atom is -0.337 e. The number of sulfonamides is 1. The minimum atomic E-state index is -3.71. The van der Waals surface area contributed by atoms with Gasteiger partial charge in [0.2, 0.25) is 0 Å². The van der Waals surface area contributed by atoms with E-state index in [-0.39, 0.29) is 11.6 Å². The lowest BCUT2D eigenvalue weighted by Crippen LogP contribution is -2.31. The minimum absolute atomic E-state index is 0.0271. The van der Waals surface area contributed by atoms with E-state index in [0.29, 0.717) is 16.5 Å². The van der Waals surface area contributed by atoms with Gasteiger partial charge in [-0.2, -0.15) is 8.42 Å². The Morgan fingerprint density at radius 2 is 2.00 bits per heavy atom. The van der Waals surface area contributed by atoms with Crippen molar-refractivity contribution < 1.29 is 8.42 Å². The topological polar surface area (TPSA) is 55.2 Å². The molecule has 108 valence electrons. The number of hydrogen-bond donors (Lipinski definition) is 0. The van der Waals surface area contributed by atoms with Crippen LogP contribution in [0, 0.1) is 6.92 Å². The zero-order valence-electron chi connectivity index (χ0n) is 11.5. The van der Waals surface area contributed by atoms with Crippen molar-refractivity contribution in [2.75, 3.05) is 10.8 Å². The summed E-state index contributed by atoms with van der Waals surface area (Å²) < 4.78 is 28.3. The molecule has 0 amide bonds. The molecule has 0 unspecified atom stereocenters. The molecule has 2 aromatic rings. The van der Waals surface area contributed by atoms with Crippen LogP contribution >= 0.6 is 11.6 Å². The zero-order valence-corrected chi connectivity index (χ0v) is 13.1. The number of para-hydroxylation sites is 1. The standard InChI is InChI=1S/C13H16ClN3O2S/c1-4-17(12-8-6-5-7-11(12)14)20(18,19)13-9-16(3)10(2)15-13/h5-9H,4H2,1-3H3. The fourth-order valence-electron chi connectivity index (χ4n) is 1.89. The van der Waals surface area contributed by atoms with Crippen molar-refractivity contribution in [3.63, 3.8) is 0 Å². The van der Waals surface area contributed by atoms with Gasteiger partial charge in [0.25, 0.3) is 10.0 Å². The van der Waals surface area contributed by atoms with Crippen molar-refractivity contribution >= 4 is 27.3 Å². The molecular formula is C13H16ClN3O2S. The van der Waals surface area contributed by atoms with Gasteiger partial charge in [0.15, 0.2) is 5.03 Å². The number of imidazole rings is 1. The lowest BCUT2D eigenvalue weighted by Gasteiger charge is -2.22. The van der Waals surface area contributed by atoms with Crippen molar-refractivity contribution in [2.24, 2.45) is 7.05 Å². The van der Waals surface area contributed by atoms with Crippen LogP contribution in [0.2, 0.25) is 5.02 Å². The first-order chi connectivity index (χ1) is 9.37. The summed E-state index contributed by atoms with van der Waals surface area (Å²) in [5.74, 6) is 0.638. The molecule has 1 heterocycles. The van der Waals surface area contributed by atoms with E-state index in [4.69, 9.17) is 11.6 Å². The number of aryl methyl sites for hydroxylation is 2. The molecule has 5 nitrogen and oxygen atoms in total. The van der Waals surface area contributed by atoms with E-state index < -0.39 is 10.0 Å². The molecule has 0 fully saturated rings. The maximum atomic E-state index is 12.7. The van der Waals surface area contributed by atoms with E-state index in [1.54, 1.807) is 49.7 Å². The summed E-state index contributed by atoms with van der Waals surface area (Å²) in [6, 6.07) is 6.86. The third kappa shape index (κ3) is 2.53. The van der Waals surface area contributed by atoms with Gasteiger partial charge in [0, 0.05) is 19.8 Å². The number of anilines is 1. The van der Waals surface area contributed by atoms with Gasteiger partial charge in [0.05, 0.1) is 10.7 Å². The first-order valence-electron chi connectivity index (χ1n) is 6.15. The Kier molecular flexibility index (Phi) is 4.06. The predicted octanol–water partition coefficient (Wildman–Crippen LogP) is 2.60. The average molecular weight is 314 g/mol. The number of benzene rings is 1. The van der Waals surface area contributed by atoms with Gasteiger partial charge in [0.1, 0.15) is 5.82 Å². The summed E-state index contributed by atoms with van der Waals surface area (Å²) in [5, 5.41) is 0.421. The average Bonchev–Trinajstić information content (AvgIpc) is 2.73. The summed E-state index contributed by atoms with van der Waals surface area (Å²) >= 11 is 6.10. The first-order valence-corrected chi connectivity index (χ1v) is 7.97. The highest BCUT2D eigenvalue weighted by Crippen LogP contribution is 2.29. The fraction of sp³-hybridized carbons (Fsp3) is 0.308. The second-order valence-corrected chi connectivity index (χ2v) is 6.57. The summed E-state index contributed by atoms with van der Waals surface area (Å²) in [5.41, 5.74) is 0.458. The molecule has 0 bridgehead atoms. The van der Waals surface area contributed by atoms with Crippen LogP contribution in [0.3, 0.4) is 0 Å². The van der Waals surface area contributed by atoms with E-state index in [1.807, 2.05) is 0 Å². The molecular weight excluding hydrogens is 298 g/mol. The number of halogens is 1. The highest BCUT2D eigenvalue weighted by Gasteiger charge is 2.27. The van der Waals surface area contributed by atoms with Crippen LogP contribution < -0.4 is 4.31 Å². The van der Waals surface area contributed by atoms with Crippen molar-refractivity contribution in [2.45, 2.75) is 18.9 Å². The quantitative estimate of drug-likeness (QED) is 0.872. The predicted molar refractivity (Wildman–Crippen MR) is 79.6 cm³/mol. The number of rotatable bonds is 4. The largest absolute Gasteiger partial charge is 0.337 e. The lowest BCUT2D eigenvalue weighted by atomic mass is 10.3. The molecule has 0 saturated heterocycles. The van der Waals surface area contributed by atoms with Gasteiger partial charge in [-0.3, -0.25) is 4.31 Å². The molecule has 0 aliphatic heterocycles. The van der Waals surface area contributed by atoms with Crippen molar-refractivity contribution in [3.8, 4) is 0 Å². The van der Waals surface area contributed by atoms with Gasteiger partial charge in [-0.25, -0.2) is 4.98 Å². The first kappa shape index (κ1) is 14.9. The smallest absolute Gasteiger partial charge is 0.283 e. The molecule has 0 N–H and O–H groups in total. The third-order valence-corrected chi connectivity index (χ3v) is 5.13. The molecule has 7 heteroatoms. The van der Waals surface area contributed by atoms with Crippen LogP contribution in [0.15, 0.2) is 35.5 Å². The van der Waals surface area contributed by atoms with Crippen molar-refractivity contribution in [1.82, 2.24) is 9.55 Å². The summed E-state index contributed by atoms with van der Waals surface area (Å²) in [6.07, 6.45) is 1.50. The van der Waals surface area contributed by atoms with Crippen molar-refractivity contribution in [3.05, 3.63) is 41.3 Å². The molecule has 0 atom stereocenters. The molecule has 0 saturated carbocycles. The van der Waals surface area contributed by atoms with E-state index in [9.17, 15) is 8.42 Å². The summed E-state index contributed by atoms with van der Waals surface area (Å²) in [4.78, 5) is 4.10. The van der Waals surface area contributed by atoms with Gasteiger partial charge in [-0.15, -0.1) is 0 Å². The Labute approximate surface area is 123 Å². The van der Waals surface area contributed by atoms with Gasteiger partial charge in [-0.1, -0.05) is 23.7 Å². The molecule has 1 aromatic heterocycles. The number of nitrogens with zero attached hydrogens (tertiary/aromatic N) is 3. The Morgan fingerprint density at radius 3 is 2.50 bits per heavy atom. The van der Waals surface area contributed by atoms with Crippen LogP contribution in [0.4, 0.5) is 5.69 Å². The second-order valence-electron chi connectivity index (χ2n) is 4.36. The Balaban J connectivity index is 2.53. The Hall–Kier alpha value is -1.53. The molecule has 0 aliphatic rings. The molecule has 20 heavy (non-hydrogen) atoms. The third-order valence-electron chi connectivity index (χ3n) is 3.05. The van der Waals surface area contributed by atoms with Gasteiger partial charge >= 0.3 is 0 Å². The molecule has 2 rings (SSSR count). The van der Waals surface area contributed by atoms with E-state index in [2.05, 4.69) is 4.98 Å². The normalized spacial score (nSPS) is 11.6. The lowest BCUT2D eigenvalue weighted by molar-refractivity contribution is 0.588. The van der Waals surface area contributed by atoms with Gasteiger partial charge in [-0.05, 0) is 26.0 Å². The number of aromatic nitrogens is 2. The molecule has 0 radical (unpaired) electrons. The SMILES string of the molecule is CCN(c1ccccc1Cl)S(=O)(=O)c1cn(C)c(C)n1. The molecule has 0 spiro atoms. The molecule has 1 aromatic carbocycles. The van der Waals surface area contributed by atoms with Crippen LogP contribution in [-0.2, 0) is 17.1 Å². The van der Waals surface area contributed by atoms with Crippen LogP contribution in [0.1, 0.15) is 12.7 Å². The Bertz CT molecular complexity index is 705.